The highest BCUT2D eigenvalue weighted by atomic mass is 16.5. The number of hydrogen-bond donors (Lipinski definition) is 1. The number of para-hydroxylation sites is 1. The van der Waals surface area contributed by atoms with E-state index in [0.717, 1.165) is 43.2 Å². The summed E-state index contributed by atoms with van der Waals surface area (Å²) in [6, 6.07) is 9.53. The third-order valence-corrected chi connectivity index (χ3v) is 5.04. The molecule has 0 radical (unpaired) electrons. The van der Waals surface area contributed by atoms with Crippen LogP contribution in [0, 0.1) is 6.92 Å². The molecule has 0 spiro atoms. The number of amides is 1. The number of nitrogens with one attached hydrogen (secondary N) is 1. The van der Waals surface area contributed by atoms with Crippen LogP contribution < -0.4 is 15.0 Å². The van der Waals surface area contributed by atoms with Gasteiger partial charge in [0.25, 0.3) is 5.91 Å². The fraction of sp³-hybridized carbons (Fsp3) is 0.400. The third-order valence-electron chi connectivity index (χ3n) is 5.04. The number of piperidine rings is 1. The fourth-order valence-corrected chi connectivity index (χ4v) is 3.46. The van der Waals surface area contributed by atoms with Crippen molar-refractivity contribution < 1.29 is 9.53 Å². The highest BCUT2D eigenvalue weighted by molar-refractivity contribution is 5.81. The minimum absolute atomic E-state index is 0.0874. The number of anilines is 1. The molecule has 0 bridgehead atoms. The maximum absolute atomic E-state index is 12.5. The van der Waals surface area contributed by atoms with E-state index < -0.39 is 6.10 Å². The Bertz CT molecular complexity index is 950. The van der Waals surface area contributed by atoms with E-state index in [9.17, 15) is 4.79 Å². The van der Waals surface area contributed by atoms with Crippen molar-refractivity contribution >= 4 is 17.4 Å². The van der Waals surface area contributed by atoms with Crippen molar-refractivity contribution in [2.75, 3.05) is 18.0 Å². The first-order valence-corrected chi connectivity index (χ1v) is 9.55. The van der Waals surface area contributed by atoms with E-state index in [2.05, 4.69) is 25.4 Å². The summed E-state index contributed by atoms with van der Waals surface area (Å²) in [5, 5.41) is 11.5. The van der Waals surface area contributed by atoms with Gasteiger partial charge in [0.1, 0.15) is 11.6 Å². The lowest BCUT2D eigenvalue weighted by atomic mass is 10.0. The summed E-state index contributed by atoms with van der Waals surface area (Å²) in [4.78, 5) is 19.2. The van der Waals surface area contributed by atoms with Crippen LogP contribution in [-0.2, 0) is 4.79 Å². The number of hydrogen-bond acceptors (Lipinski definition) is 6. The maximum Gasteiger partial charge on any atom is 0.260 e. The van der Waals surface area contributed by atoms with Crippen LogP contribution in [-0.4, -0.2) is 50.7 Å². The highest BCUT2D eigenvalue weighted by Gasteiger charge is 2.25. The summed E-state index contributed by atoms with van der Waals surface area (Å²) in [6.45, 7) is 5.30. The molecule has 146 valence electrons. The van der Waals surface area contributed by atoms with Crippen molar-refractivity contribution in [1.29, 1.82) is 0 Å². The lowest BCUT2D eigenvalue weighted by molar-refractivity contribution is -0.128. The Morgan fingerprint density at radius 2 is 1.96 bits per heavy atom. The van der Waals surface area contributed by atoms with Gasteiger partial charge in [-0.15, -0.1) is 10.2 Å². The summed E-state index contributed by atoms with van der Waals surface area (Å²) in [6.07, 6.45) is 4.80. The van der Waals surface area contributed by atoms with Gasteiger partial charge >= 0.3 is 0 Å². The molecule has 8 heteroatoms. The topological polar surface area (TPSA) is 84.7 Å². The number of aryl methyl sites for hydroxylation is 1. The van der Waals surface area contributed by atoms with Gasteiger partial charge in [0.15, 0.2) is 11.9 Å². The van der Waals surface area contributed by atoms with Crippen LogP contribution >= 0.6 is 0 Å². The molecule has 3 heterocycles. The van der Waals surface area contributed by atoms with Gasteiger partial charge in [-0.3, -0.25) is 9.20 Å². The zero-order valence-electron chi connectivity index (χ0n) is 16.1. The van der Waals surface area contributed by atoms with Gasteiger partial charge in [-0.1, -0.05) is 18.2 Å². The summed E-state index contributed by atoms with van der Waals surface area (Å²) >= 11 is 0. The molecule has 1 aliphatic rings. The minimum Gasteiger partial charge on any atom is -0.481 e. The Hall–Kier alpha value is -3.16. The molecule has 1 fully saturated rings. The van der Waals surface area contributed by atoms with E-state index in [0.29, 0.717) is 5.75 Å². The second-order valence-electron chi connectivity index (χ2n) is 7.03. The standard InChI is InChI=1S/C20H24N6O2/c1-14(28-17-6-4-3-5-7-17)20(27)22-16-8-11-25(12-9-16)18-19-24-23-15(2)26(19)13-10-21-18/h3-7,10,13-14,16H,8-9,11-12H2,1-2H3,(H,22,27)/t14-/m1/s1. The first-order valence-electron chi connectivity index (χ1n) is 9.55. The van der Waals surface area contributed by atoms with Crippen molar-refractivity contribution in [3.8, 4) is 5.75 Å². The molecule has 1 amide bonds. The Morgan fingerprint density at radius 3 is 2.71 bits per heavy atom. The van der Waals surface area contributed by atoms with Crippen LogP contribution in [0.5, 0.6) is 5.75 Å². The van der Waals surface area contributed by atoms with Crippen molar-refractivity contribution in [1.82, 2.24) is 24.9 Å². The Kier molecular flexibility index (Phi) is 5.10. The van der Waals surface area contributed by atoms with Crippen LogP contribution in [0.3, 0.4) is 0 Å². The molecular formula is C20H24N6O2. The summed E-state index contributed by atoms with van der Waals surface area (Å²) in [5.74, 6) is 2.29. The molecule has 1 N–H and O–H groups in total. The predicted octanol–water partition coefficient (Wildman–Crippen LogP) is 1.99. The van der Waals surface area contributed by atoms with Gasteiger partial charge in [0.05, 0.1) is 0 Å². The molecule has 28 heavy (non-hydrogen) atoms. The number of carbonyl (C=O) groups excluding carboxylic acids is 1. The molecule has 1 atom stereocenters. The van der Waals surface area contributed by atoms with Gasteiger partial charge in [0, 0.05) is 31.5 Å². The number of carbonyl (C=O) groups is 1. The van der Waals surface area contributed by atoms with Crippen molar-refractivity contribution in [2.24, 2.45) is 0 Å². The fourth-order valence-electron chi connectivity index (χ4n) is 3.46. The summed E-state index contributed by atoms with van der Waals surface area (Å²) < 4.78 is 7.65. The molecular weight excluding hydrogens is 356 g/mol. The van der Waals surface area contributed by atoms with E-state index in [1.54, 1.807) is 13.1 Å². The lowest BCUT2D eigenvalue weighted by Crippen LogP contribution is -2.48. The second-order valence-corrected chi connectivity index (χ2v) is 7.03. The number of benzene rings is 1. The van der Waals surface area contributed by atoms with Gasteiger partial charge in [-0.05, 0) is 38.8 Å². The van der Waals surface area contributed by atoms with Gasteiger partial charge in [-0.25, -0.2) is 4.98 Å². The van der Waals surface area contributed by atoms with Crippen molar-refractivity contribution in [3.63, 3.8) is 0 Å². The molecule has 1 aliphatic heterocycles. The van der Waals surface area contributed by atoms with Gasteiger partial charge in [0.2, 0.25) is 5.65 Å². The number of fused-ring (bicyclic) bond motifs is 1. The normalized spacial score (nSPS) is 16.1. The van der Waals surface area contributed by atoms with E-state index in [1.165, 1.54) is 0 Å². The second kappa shape index (κ2) is 7.84. The Morgan fingerprint density at radius 1 is 1.21 bits per heavy atom. The lowest BCUT2D eigenvalue weighted by Gasteiger charge is -2.33. The SMILES string of the molecule is Cc1nnc2c(N3CCC(NC(=O)[C@@H](C)Oc4ccccc4)CC3)nccn12. The molecule has 1 saturated heterocycles. The average Bonchev–Trinajstić information content (AvgIpc) is 3.10. The maximum atomic E-state index is 12.5. The van der Waals surface area contributed by atoms with E-state index in [4.69, 9.17) is 4.74 Å². The number of rotatable bonds is 5. The highest BCUT2D eigenvalue weighted by Crippen LogP contribution is 2.22. The molecule has 0 aliphatic carbocycles. The number of nitrogens with zero attached hydrogens (tertiary/aromatic N) is 5. The molecule has 4 rings (SSSR count). The molecule has 0 unspecified atom stereocenters. The van der Waals surface area contributed by atoms with Gasteiger partial charge < -0.3 is 15.0 Å². The van der Waals surface area contributed by atoms with Crippen LogP contribution in [0.15, 0.2) is 42.7 Å². The van der Waals surface area contributed by atoms with Crippen LogP contribution in [0.4, 0.5) is 5.82 Å². The Labute approximate surface area is 163 Å². The largest absolute Gasteiger partial charge is 0.481 e. The number of aromatic nitrogens is 4. The molecule has 8 nitrogen and oxygen atoms in total. The predicted molar refractivity (Wildman–Crippen MR) is 105 cm³/mol. The van der Waals surface area contributed by atoms with E-state index in [-0.39, 0.29) is 11.9 Å². The first-order chi connectivity index (χ1) is 13.6. The quantitative estimate of drug-likeness (QED) is 0.729. The summed E-state index contributed by atoms with van der Waals surface area (Å²) in [5.41, 5.74) is 0.771. The zero-order valence-corrected chi connectivity index (χ0v) is 16.1. The van der Waals surface area contributed by atoms with Crippen LogP contribution in [0.25, 0.3) is 5.65 Å². The molecule has 0 saturated carbocycles. The van der Waals surface area contributed by atoms with Crippen LogP contribution in [0.2, 0.25) is 0 Å². The monoisotopic (exact) mass is 380 g/mol. The molecule has 1 aromatic carbocycles. The minimum atomic E-state index is -0.533. The third kappa shape index (κ3) is 3.76. The molecule has 2 aromatic heterocycles. The number of ether oxygens (including phenoxy) is 1. The van der Waals surface area contributed by atoms with Gasteiger partial charge in [-0.2, -0.15) is 0 Å². The van der Waals surface area contributed by atoms with Crippen molar-refractivity contribution in [2.45, 2.75) is 38.8 Å². The first kappa shape index (κ1) is 18.2. The van der Waals surface area contributed by atoms with Crippen LogP contribution in [0.1, 0.15) is 25.6 Å². The van der Waals surface area contributed by atoms with Crippen molar-refractivity contribution in [3.05, 3.63) is 48.5 Å². The zero-order chi connectivity index (χ0) is 19.5. The smallest absolute Gasteiger partial charge is 0.260 e. The Balaban J connectivity index is 1.33. The van der Waals surface area contributed by atoms with E-state index >= 15 is 0 Å². The van der Waals surface area contributed by atoms with E-state index in [1.807, 2.05) is 47.9 Å². The average molecular weight is 380 g/mol. The summed E-state index contributed by atoms with van der Waals surface area (Å²) in [7, 11) is 0. The molecule has 3 aromatic rings.